The minimum absolute atomic E-state index is 0.000468. The van der Waals surface area contributed by atoms with Crippen LogP contribution in [0.15, 0.2) is 42.9 Å². The van der Waals surface area contributed by atoms with Crippen LogP contribution < -0.4 is 4.74 Å². The molecule has 4 rings (SSSR count). The summed E-state index contributed by atoms with van der Waals surface area (Å²) in [5.41, 5.74) is 0.573. The standard InChI is InChI=1S/C18H20N4O3/c23-18(14-4-6-20-21-11-14)22-7-8-24-16-10-13(9-15(16)22)12-25-17-3-1-2-5-19-17/h1-6,11,13,15-16H,7-10,12H2/t13-,15-,16-/m1/s1. The van der Waals surface area contributed by atoms with Crippen molar-refractivity contribution in [2.45, 2.75) is 25.0 Å². The van der Waals surface area contributed by atoms with Crippen LogP contribution in [-0.4, -0.2) is 57.9 Å². The van der Waals surface area contributed by atoms with Gasteiger partial charge in [-0.2, -0.15) is 10.2 Å². The first-order valence-corrected chi connectivity index (χ1v) is 8.54. The van der Waals surface area contributed by atoms with Crippen LogP contribution in [-0.2, 0) is 4.74 Å². The monoisotopic (exact) mass is 340 g/mol. The summed E-state index contributed by atoms with van der Waals surface area (Å²) >= 11 is 0. The Kier molecular flexibility index (Phi) is 4.56. The minimum atomic E-state index is -0.000468. The Labute approximate surface area is 146 Å². The lowest BCUT2D eigenvalue weighted by atomic mass is 10.1. The van der Waals surface area contributed by atoms with Gasteiger partial charge in [0.15, 0.2) is 0 Å². The molecule has 2 fully saturated rings. The Hall–Kier alpha value is -2.54. The quantitative estimate of drug-likeness (QED) is 0.841. The van der Waals surface area contributed by atoms with E-state index in [0.29, 0.717) is 37.1 Å². The number of hydrogen-bond acceptors (Lipinski definition) is 6. The van der Waals surface area contributed by atoms with Crippen LogP contribution in [0.4, 0.5) is 0 Å². The number of rotatable bonds is 4. The molecule has 0 N–H and O–H groups in total. The topological polar surface area (TPSA) is 77.4 Å². The van der Waals surface area contributed by atoms with E-state index in [1.54, 1.807) is 18.5 Å². The highest BCUT2D eigenvalue weighted by atomic mass is 16.5. The van der Waals surface area contributed by atoms with Crippen LogP contribution in [0.2, 0.25) is 0 Å². The van der Waals surface area contributed by atoms with Crippen LogP contribution >= 0.6 is 0 Å². The van der Waals surface area contributed by atoms with Crippen LogP contribution in [0.1, 0.15) is 23.2 Å². The van der Waals surface area contributed by atoms with Crippen LogP contribution in [0, 0.1) is 5.92 Å². The molecule has 130 valence electrons. The molecule has 0 bridgehead atoms. The average Bonchev–Trinajstić information content (AvgIpc) is 3.10. The zero-order chi connectivity index (χ0) is 17.1. The summed E-state index contributed by atoms with van der Waals surface area (Å²) in [5, 5.41) is 7.55. The number of pyridine rings is 1. The van der Waals surface area contributed by atoms with Gasteiger partial charge in [-0.05, 0) is 30.9 Å². The van der Waals surface area contributed by atoms with Crippen LogP contribution in [0.5, 0.6) is 5.88 Å². The van der Waals surface area contributed by atoms with Crippen LogP contribution in [0.3, 0.4) is 0 Å². The molecule has 3 heterocycles. The molecule has 25 heavy (non-hydrogen) atoms. The highest BCUT2D eigenvalue weighted by molar-refractivity contribution is 5.94. The van der Waals surface area contributed by atoms with Crippen LogP contribution in [0.25, 0.3) is 0 Å². The van der Waals surface area contributed by atoms with Gasteiger partial charge in [0.25, 0.3) is 5.91 Å². The molecule has 1 aliphatic heterocycles. The Morgan fingerprint density at radius 3 is 3.00 bits per heavy atom. The predicted octanol–water partition coefficient (Wildman–Crippen LogP) is 1.57. The van der Waals surface area contributed by atoms with Gasteiger partial charge in [-0.15, -0.1) is 0 Å². The molecule has 7 heteroatoms. The summed E-state index contributed by atoms with van der Waals surface area (Å²) in [6.07, 6.45) is 6.63. The van der Waals surface area contributed by atoms with Crippen molar-refractivity contribution >= 4 is 5.91 Å². The number of carbonyl (C=O) groups excluding carboxylic acids is 1. The van der Waals surface area contributed by atoms with E-state index >= 15 is 0 Å². The van der Waals surface area contributed by atoms with Crippen molar-refractivity contribution in [2.24, 2.45) is 5.92 Å². The van der Waals surface area contributed by atoms with Crippen molar-refractivity contribution in [2.75, 3.05) is 19.8 Å². The zero-order valence-corrected chi connectivity index (χ0v) is 13.8. The molecule has 3 atom stereocenters. The molecule has 1 saturated carbocycles. The van der Waals surface area contributed by atoms with Gasteiger partial charge in [0, 0.05) is 18.8 Å². The van der Waals surface area contributed by atoms with Gasteiger partial charge >= 0.3 is 0 Å². The number of morpholine rings is 1. The van der Waals surface area contributed by atoms with Crippen molar-refractivity contribution in [3.63, 3.8) is 0 Å². The number of hydrogen-bond donors (Lipinski definition) is 0. The maximum atomic E-state index is 12.8. The maximum Gasteiger partial charge on any atom is 0.255 e. The van der Waals surface area contributed by atoms with Crippen molar-refractivity contribution < 1.29 is 14.3 Å². The molecule has 0 unspecified atom stereocenters. The number of fused-ring (bicyclic) bond motifs is 1. The average molecular weight is 340 g/mol. The van der Waals surface area contributed by atoms with Gasteiger partial charge in [0.1, 0.15) is 0 Å². The van der Waals surface area contributed by atoms with E-state index in [1.165, 1.54) is 6.20 Å². The molecule has 2 aromatic rings. The van der Waals surface area contributed by atoms with Gasteiger partial charge in [-0.25, -0.2) is 4.98 Å². The summed E-state index contributed by atoms with van der Waals surface area (Å²) in [6, 6.07) is 7.42. The van der Waals surface area contributed by atoms with Crippen molar-refractivity contribution in [3.8, 4) is 5.88 Å². The molecule has 2 aromatic heterocycles. The number of ether oxygens (including phenoxy) is 2. The zero-order valence-electron chi connectivity index (χ0n) is 13.8. The fourth-order valence-electron chi connectivity index (χ4n) is 3.66. The Balaban J connectivity index is 1.41. The molecule has 2 aliphatic rings. The second kappa shape index (κ2) is 7.14. The molecule has 0 spiro atoms. The van der Waals surface area contributed by atoms with Gasteiger partial charge < -0.3 is 14.4 Å². The third-order valence-corrected chi connectivity index (χ3v) is 4.83. The molecular formula is C18H20N4O3. The first-order chi connectivity index (χ1) is 12.3. The molecule has 1 amide bonds. The highest BCUT2D eigenvalue weighted by Crippen LogP contribution is 2.35. The largest absolute Gasteiger partial charge is 0.477 e. The lowest BCUT2D eigenvalue weighted by Crippen LogP contribution is -2.51. The summed E-state index contributed by atoms with van der Waals surface area (Å²) in [4.78, 5) is 18.9. The lowest BCUT2D eigenvalue weighted by Gasteiger charge is -2.37. The molecule has 1 saturated heterocycles. The van der Waals surface area contributed by atoms with E-state index < -0.39 is 0 Å². The molecule has 0 radical (unpaired) electrons. The second-order valence-electron chi connectivity index (χ2n) is 6.42. The fraction of sp³-hybridized carbons (Fsp3) is 0.444. The van der Waals surface area contributed by atoms with E-state index in [9.17, 15) is 4.79 Å². The first kappa shape index (κ1) is 16.0. The molecule has 7 nitrogen and oxygen atoms in total. The summed E-state index contributed by atoms with van der Waals surface area (Å²) in [5.74, 6) is 0.981. The number of amides is 1. The van der Waals surface area contributed by atoms with Gasteiger partial charge in [-0.3, -0.25) is 4.79 Å². The van der Waals surface area contributed by atoms with E-state index in [2.05, 4.69) is 15.2 Å². The van der Waals surface area contributed by atoms with Crippen molar-refractivity contribution in [1.29, 1.82) is 0 Å². The second-order valence-corrected chi connectivity index (χ2v) is 6.42. The first-order valence-electron chi connectivity index (χ1n) is 8.54. The van der Waals surface area contributed by atoms with Gasteiger partial charge in [0.2, 0.25) is 5.88 Å². The Morgan fingerprint density at radius 2 is 2.20 bits per heavy atom. The van der Waals surface area contributed by atoms with E-state index in [-0.39, 0.29) is 18.1 Å². The fourth-order valence-corrected chi connectivity index (χ4v) is 3.66. The SMILES string of the molecule is O=C(c1ccnnc1)N1CCO[C@@H]2C[C@H](COc3ccccn3)C[C@H]21. The van der Waals surface area contributed by atoms with Crippen molar-refractivity contribution in [1.82, 2.24) is 20.1 Å². The smallest absolute Gasteiger partial charge is 0.255 e. The third-order valence-electron chi connectivity index (χ3n) is 4.83. The third kappa shape index (κ3) is 3.46. The van der Waals surface area contributed by atoms with Crippen molar-refractivity contribution in [3.05, 3.63) is 48.4 Å². The summed E-state index contributed by atoms with van der Waals surface area (Å²) < 4.78 is 11.7. The normalized spacial score (nSPS) is 25.4. The van der Waals surface area contributed by atoms with Gasteiger partial charge in [-0.1, -0.05) is 6.07 Å². The predicted molar refractivity (Wildman–Crippen MR) is 89.1 cm³/mol. The van der Waals surface area contributed by atoms with E-state index in [1.807, 2.05) is 23.1 Å². The maximum absolute atomic E-state index is 12.8. The number of carbonyl (C=O) groups is 1. The van der Waals surface area contributed by atoms with Gasteiger partial charge in [0.05, 0.1) is 43.3 Å². The van der Waals surface area contributed by atoms with E-state index in [0.717, 1.165) is 12.8 Å². The number of aromatic nitrogens is 3. The Morgan fingerprint density at radius 1 is 1.24 bits per heavy atom. The number of nitrogens with zero attached hydrogens (tertiary/aromatic N) is 4. The molecular weight excluding hydrogens is 320 g/mol. The Bertz CT molecular complexity index is 713. The molecule has 0 aromatic carbocycles. The summed E-state index contributed by atoms with van der Waals surface area (Å²) in [6.45, 7) is 1.77. The highest BCUT2D eigenvalue weighted by Gasteiger charge is 2.43. The minimum Gasteiger partial charge on any atom is -0.477 e. The summed E-state index contributed by atoms with van der Waals surface area (Å²) in [7, 11) is 0. The lowest BCUT2D eigenvalue weighted by molar-refractivity contribution is -0.0448. The molecule has 1 aliphatic carbocycles. The van der Waals surface area contributed by atoms with E-state index in [4.69, 9.17) is 9.47 Å².